The fraction of sp³-hybridized carbons (Fsp3) is 0.333. The quantitative estimate of drug-likeness (QED) is 0.651. The second-order valence-corrected chi connectivity index (χ2v) is 5.57. The molecule has 0 radical (unpaired) electrons. The summed E-state index contributed by atoms with van der Waals surface area (Å²) < 4.78 is 0. The summed E-state index contributed by atoms with van der Waals surface area (Å²) in [5.74, 6) is 5.59. The number of nitrogens with zero attached hydrogens (tertiary/aromatic N) is 2. The van der Waals surface area contributed by atoms with Gasteiger partial charge in [-0.1, -0.05) is 11.6 Å². The minimum Gasteiger partial charge on any atom is -0.271 e. The molecule has 4 nitrogen and oxygen atoms in total. The average Bonchev–Trinajstić information content (AvgIpc) is 2.76. The number of aryl methyl sites for hydroxylation is 1. The molecule has 0 aromatic carbocycles. The third-order valence-electron chi connectivity index (χ3n) is 2.68. The predicted octanol–water partition coefficient (Wildman–Crippen LogP) is 2.12. The summed E-state index contributed by atoms with van der Waals surface area (Å²) in [6.45, 7) is 2.00. The maximum Gasteiger partial charge on any atom is 0.0897 e. The largest absolute Gasteiger partial charge is 0.271 e. The van der Waals surface area contributed by atoms with Crippen molar-refractivity contribution in [2.75, 3.05) is 0 Å². The molecule has 0 aliphatic rings. The first-order valence-electron chi connectivity index (χ1n) is 5.64. The lowest BCUT2D eigenvalue weighted by molar-refractivity contribution is 0.518. The van der Waals surface area contributed by atoms with Gasteiger partial charge in [-0.2, -0.15) is 0 Å². The summed E-state index contributed by atoms with van der Waals surface area (Å²) in [5, 5.41) is 3.81. The fourth-order valence-corrected chi connectivity index (χ4v) is 2.60. The van der Waals surface area contributed by atoms with Gasteiger partial charge >= 0.3 is 0 Å². The van der Waals surface area contributed by atoms with Gasteiger partial charge in [0, 0.05) is 30.2 Å². The highest BCUT2D eigenvalue weighted by Crippen LogP contribution is 2.17. The normalized spacial score (nSPS) is 12.6. The number of pyridine rings is 1. The highest BCUT2D eigenvalue weighted by Gasteiger charge is 2.12. The SMILES string of the molecule is Cc1nc(CC(Cc2ccncc2Cl)NN)cs1. The zero-order chi connectivity index (χ0) is 13.0. The van der Waals surface area contributed by atoms with Gasteiger partial charge in [-0.25, -0.2) is 4.98 Å². The first kappa shape index (κ1) is 13.4. The van der Waals surface area contributed by atoms with E-state index in [0.29, 0.717) is 5.02 Å². The molecule has 0 saturated heterocycles. The first-order chi connectivity index (χ1) is 8.69. The van der Waals surface area contributed by atoms with E-state index in [0.717, 1.165) is 29.1 Å². The molecule has 1 atom stereocenters. The van der Waals surface area contributed by atoms with Crippen LogP contribution in [0.15, 0.2) is 23.8 Å². The molecule has 0 bridgehead atoms. The van der Waals surface area contributed by atoms with Crippen LogP contribution < -0.4 is 11.3 Å². The maximum atomic E-state index is 6.09. The van der Waals surface area contributed by atoms with Crippen LogP contribution in [-0.4, -0.2) is 16.0 Å². The molecule has 96 valence electrons. The van der Waals surface area contributed by atoms with Crippen LogP contribution in [0.25, 0.3) is 0 Å². The lowest BCUT2D eigenvalue weighted by atomic mass is 10.0. The Balaban J connectivity index is 2.04. The number of nitrogens with one attached hydrogen (secondary N) is 1. The molecular weight excluding hydrogens is 268 g/mol. The second kappa shape index (κ2) is 6.24. The van der Waals surface area contributed by atoms with Crippen LogP contribution in [0.5, 0.6) is 0 Å². The van der Waals surface area contributed by atoms with Gasteiger partial charge in [0.25, 0.3) is 0 Å². The van der Waals surface area contributed by atoms with E-state index in [-0.39, 0.29) is 6.04 Å². The molecule has 0 fully saturated rings. The molecule has 3 N–H and O–H groups in total. The monoisotopic (exact) mass is 282 g/mol. The van der Waals surface area contributed by atoms with E-state index in [1.807, 2.05) is 13.0 Å². The van der Waals surface area contributed by atoms with Crippen molar-refractivity contribution in [2.45, 2.75) is 25.8 Å². The van der Waals surface area contributed by atoms with Gasteiger partial charge in [-0.15, -0.1) is 11.3 Å². The fourth-order valence-electron chi connectivity index (χ4n) is 1.78. The first-order valence-corrected chi connectivity index (χ1v) is 6.90. The van der Waals surface area contributed by atoms with Crippen molar-refractivity contribution in [1.82, 2.24) is 15.4 Å². The topological polar surface area (TPSA) is 63.8 Å². The van der Waals surface area contributed by atoms with E-state index in [2.05, 4.69) is 20.8 Å². The molecule has 18 heavy (non-hydrogen) atoms. The number of aromatic nitrogens is 2. The molecule has 2 heterocycles. The molecule has 0 aliphatic carbocycles. The number of hydrazine groups is 1. The summed E-state index contributed by atoms with van der Waals surface area (Å²) >= 11 is 7.74. The standard InChI is InChI=1S/C12H15ClN4S/c1-8-16-11(7-18-8)5-10(17-14)4-9-2-3-15-6-12(9)13/h2-3,6-7,10,17H,4-5,14H2,1H3. The van der Waals surface area contributed by atoms with Crippen molar-refractivity contribution in [3.63, 3.8) is 0 Å². The lowest BCUT2D eigenvalue weighted by Crippen LogP contribution is -2.38. The molecule has 2 rings (SSSR count). The molecule has 1 unspecified atom stereocenters. The summed E-state index contributed by atoms with van der Waals surface area (Å²) in [4.78, 5) is 8.41. The summed E-state index contributed by atoms with van der Waals surface area (Å²) in [5.41, 5.74) is 4.92. The third-order valence-corrected chi connectivity index (χ3v) is 3.84. The van der Waals surface area contributed by atoms with Crippen LogP contribution in [-0.2, 0) is 12.8 Å². The molecule has 0 amide bonds. The number of hydrogen-bond acceptors (Lipinski definition) is 5. The van der Waals surface area contributed by atoms with Crippen LogP contribution in [0.4, 0.5) is 0 Å². The van der Waals surface area contributed by atoms with E-state index >= 15 is 0 Å². The third kappa shape index (κ3) is 3.49. The van der Waals surface area contributed by atoms with Gasteiger partial charge in [-0.3, -0.25) is 16.3 Å². The van der Waals surface area contributed by atoms with Crippen molar-refractivity contribution >= 4 is 22.9 Å². The Morgan fingerprint density at radius 2 is 2.33 bits per heavy atom. The molecule has 2 aromatic rings. The minimum atomic E-state index is 0.117. The number of hydrogen-bond donors (Lipinski definition) is 2. The Kier molecular flexibility index (Phi) is 4.66. The Morgan fingerprint density at radius 1 is 1.50 bits per heavy atom. The van der Waals surface area contributed by atoms with E-state index in [1.54, 1.807) is 23.7 Å². The Labute approximate surface area is 115 Å². The van der Waals surface area contributed by atoms with Crippen molar-refractivity contribution in [3.05, 3.63) is 45.1 Å². The molecule has 0 aliphatic heterocycles. The predicted molar refractivity (Wildman–Crippen MR) is 74.6 cm³/mol. The second-order valence-electron chi connectivity index (χ2n) is 4.10. The summed E-state index contributed by atoms with van der Waals surface area (Å²) in [6, 6.07) is 2.03. The van der Waals surface area contributed by atoms with Gasteiger partial charge in [0.2, 0.25) is 0 Å². The lowest BCUT2D eigenvalue weighted by Gasteiger charge is -2.15. The van der Waals surface area contributed by atoms with Gasteiger partial charge in [0.15, 0.2) is 0 Å². The average molecular weight is 283 g/mol. The van der Waals surface area contributed by atoms with Gasteiger partial charge in [0.1, 0.15) is 0 Å². The van der Waals surface area contributed by atoms with Crippen molar-refractivity contribution in [1.29, 1.82) is 0 Å². The zero-order valence-corrected chi connectivity index (χ0v) is 11.6. The van der Waals surface area contributed by atoms with Crippen molar-refractivity contribution in [2.24, 2.45) is 5.84 Å². The van der Waals surface area contributed by atoms with Crippen molar-refractivity contribution in [3.8, 4) is 0 Å². The van der Waals surface area contributed by atoms with Crippen molar-refractivity contribution < 1.29 is 0 Å². The summed E-state index contributed by atoms with van der Waals surface area (Å²) in [7, 11) is 0. The van der Waals surface area contributed by atoms with E-state index in [9.17, 15) is 0 Å². The Morgan fingerprint density at radius 3 is 2.94 bits per heavy atom. The molecule has 0 spiro atoms. The van der Waals surface area contributed by atoms with E-state index in [1.165, 1.54) is 0 Å². The van der Waals surface area contributed by atoms with Gasteiger partial charge < -0.3 is 0 Å². The Hall–Kier alpha value is -1.01. The van der Waals surface area contributed by atoms with Crippen LogP contribution in [0.1, 0.15) is 16.3 Å². The smallest absolute Gasteiger partial charge is 0.0897 e. The van der Waals surface area contributed by atoms with Crippen LogP contribution in [0, 0.1) is 6.92 Å². The van der Waals surface area contributed by atoms with Crippen LogP contribution >= 0.6 is 22.9 Å². The van der Waals surface area contributed by atoms with E-state index in [4.69, 9.17) is 17.4 Å². The molecule has 0 saturated carbocycles. The zero-order valence-electron chi connectivity index (χ0n) is 10.1. The van der Waals surface area contributed by atoms with Gasteiger partial charge in [0.05, 0.1) is 15.7 Å². The van der Waals surface area contributed by atoms with E-state index < -0.39 is 0 Å². The number of nitrogens with two attached hydrogens (primary N) is 1. The maximum absolute atomic E-state index is 6.09. The van der Waals surface area contributed by atoms with Gasteiger partial charge in [-0.05, 0) is 25.0 Å². The van der Waals surface area contributed by atoms with Crippen LogP contribution in [0.2, 0.25) is 5.02 Å². The molecule has 2 aromatic heterocycles. The number of thiazole rings is 1. The molecule has 6 heteroatoms. The number of rotatable bonds is 5. The molecular formula is C12H15ClN4S. The minimum absolute atomic E-state index is 0.117. The summed E-state index contributed by atoms with van der Waals surface area (Å²) in [6.07, 6.45) is 4.94. The number of halogens is 1. The van der Waals surface area contributed by atoms with Crippen LogP contribution in [0.3, 0.4) is 0 Å². The highest BCUT2D eigenvalue weighted by molar-refractivity contribution is 7.09. The highest BCUT2D eigenvalue weighted by atomic mass is 35.5. The Bertz CT molecular complexity index is 514.